The lowest BCUT2D eigenvalue weighted by Gasteiger charge is -2.18. The van der Waals surface area contributed by atoms with Gasteiger partial charge >= 0.3 is 0 Å². The van der Waals surface area contributed by atoms with Crippen molar-refractivity contribution in [3.63, 3.8) is 0 Å². The lowest BCUT2D eigenvalue weighted by molar-refractivity contribution is 0.578. The lowest BCUT2D eigenvalue weighted by atomic mass is 10.1. The van der Waals surface area contributed by atoms with Crippen molar-refractivity contribution >= 4 is 26.9 Å². The third kappa shape index (κ3) is 3.20. The first-order valence-electron chi connectivity index (χ1n) is 8.12. The minimum atomic E-state index is -3.69. The molecule has 0 fully saturated rings. The van der Waals surface area contributed by atoms with Crippen LogP contribution in [0.1, 0.15) is 18.1 Å². The lowest BCUT2D eigenvalue weighted by Crippen LogP contribution is -2.27. The van der Waals surface area contributed by atoms with Crippen LogP contribution in [-0.4, -0.2) is 15.5 Å². The van der Waals surface area contributed by atoms with Crippen LogP contribution < -0.4 is 4.31 Å². The van der Waals surface area contributed by atoms with E-state index in [-0.39, 0.29) is 4.90 Å². The Morgan fingerprint density at radius 3 is 2.44 bits per heavy atom. The summed E-state index contributed by atoms with van der Waals surface area (Å²) in [6.07, 6.45) is 4.55. The number of para-hydroxylation sites is 1. The Morgan fingerprint density at radius 1 is 1.08 bits per heavy atom. The summed E-state index contributed by atoms with van der Waals surface area (Å²) in [5.41, 5.74) is 2.56. The Balaban J connectivity index is 2.12. The maximum atomic E-state index is 13.0. The van der Waals surface area contributed by atoms with E-state index in [2.05, 4.69) is 0 Å². The summed E-state index contributed by atoms with van der Waals surface area (Å²) in [5.74, 6) is 0.361. The average Bonchev–Trinajstić information content (AvgIpc) is 2.98. The first kappa shape index (κ1) is 17.3. The molecule has 0 atom stereocenters. The predicted molar refractivity (Wildman–Crippen MR) is 101 cm³/mol. The van der Waals surface area contributed by atoms with Gasteiger partial charge in [0.15, 0.2) is 0 Å². The number of sulfonamides is 1. The first-order chi connectivity index (χ1) is 11.9. The van der Waals surface area contributed by atoms with Gasteiger partial charge in [0.1, 0.15) is 5.58 Å². The van der Waals surface area contributed by atoms with Gasteiger partial charge in [0.25, 0.3) is 10.0 Å². The average molecular weight is 355 g/mol. The summed E-state index contributed by atoms with van der Waals surface area (Å²) in [7, 11) is -2.15. The quantitative estimate of drug-likeness (QED) is 0.624. The summed E-state index contributed by atoms with van der Waals surface area (Å²) in [6.45, 7) is 3.86. The minimum Gasteiger partial charge on any atom is -0.439 e. The highest BCUT2D eigenvalue weighted by atomic mass is 32.2. The van der Waals surface area contributed by atoms with Crippen molar-refractivity contribution in [1.29, 1.82) is 0 Å². The van der Waals surface area contributed by atoms with Crippen molar-refractivity contribution in [2.45, 2.75) is 25.2 Å². The molecule has 25 heavy (non-hydrogen) atoms. The number of fused-ring (bicyclic) bond motifs is 1. The Morgan fingerprint density at radius 2 is 1.76 bits per heavy atom. The van der Waals surface area contributed by atoms with Gasteiger partial charge in [0.2, 0.25) is 5.88 Å². The Kier molecular flexibility index (Phi) is 4.68. The van der Waals surface area contributed by atoms with Gasteiger partial charge in [0, 0.05) is 18.0 Å². The van der Waals surface area contributed by atoms with E-state index in [1.807, 2.05) is 50.3 Å². The Bertz CT molecular complexity index is 1010. The van der Waals surface area contributed by atoms with Crippen molar-refractivity contribution in [3.8, 4) is 0 Å². The molecule has 0 aliphatic carbocycles. The monoisotopic (exact) mass is 355 g/mol. The molecule has 0 bridgehead atoms. The number of hydrogen-bond acceptors (Lipinski definition) is 3. The zero-order chi connectivity index (χ0) is 18.0. The van der Waals surface area contributed by atoms with Crippen LogP contribution in [0.25, 0.3) is 11.0 Å². The zero-order valence-electron chi connectivity index (χ0n) is 14.6. The van der Waals surface area contributed by atoms with Crippen LogP contribution in [-0.2, 0) is 16.4 Å². The van der Waals surface area contributed by atoms with Crippen LogP contribution in [0.4, 0.5) is 5.88 Å². The molecule has 4 nitrogen and oxygen atoms in total. The van der Waals surface area contributed by atoms with Gasteiger partial charge in [-0.3, -0.25) is 0 Å². The number of nitrogens with zero attached hydrogens (tertiary/aromatic N) is 1. The van der Waals surface area contributed by atoms with Gasteiger partial charge < -0.3 is 4.42 Å². The van der Waals surface area contributed by atoms with E-state index >= 15 is 0 Å². The number of aryl methyl sites for hydroxylation is 1. The molecule has 0 aliphatic heterocycles. The van der Waals surface area contributed by atoms with Crippen molar-refractivity contribution < 1.29 is 12.8 Å². The maximum absolute atomic E-state index is 13.0. The summed E-state index contributed by atoms with van der Waals surface area (Å²) in [4.78, 5) is 0.248. The Hall–Kier alpha value is -2.53. The van der Waals surface area contributed by atoms with Crippen molar-refractivity contribution in [2.24, 2.45) is 0 Å². The minimum absolute atomic E-state index is 0.248. The Labute approximate surface area is 148 Å². The smallest absolute Gasteiger partial charge is 0.266 e. The molecule has 5 heteroatoms. The van der Waals surface area contributed by atoms with Gasteiger partial charge in [-0.2, -0.15) is 0 Å². The van der Waals surface area contributed by atoms with E-state index in [1.165, 1.54) is 11.4 Å². The molecule has 0 saturated heterocycles. The fourth-order valence-corrected chi connectivity index (χ4v) is 3.91. The zero-order valence-corrected chi connectivity index (χ0v) is 15.4. The second-order valence-corrected chi connectivity index (χ2v) is 7.91. The second-order valence-electron chi connectivity index (χ2n) is 5.94. The summed E-state index contributed by atoms with van der Waals surface area (Å²) in [5, 5.41) is 0.932. The number of hydrogen-bond donors (Lipinski definition) is 0. The van der Waals surface area contributed by atoms with Crippen molar-refractivity contribution in [2.75, 3.05) is 11.4 Å². The van der Waals surface area contributed by atoms with Crippen LogP contribution >= 0.6 is 0 Å². The van der Waals surface area contributed by atoms with Gasteiger partial charge in [0.05, 0.1) is 4.90 Å². The molecule has 1 aromatic heterocycles. The molecule has 0 N–H and O–H groups in total. The van der Waals surface area contributed by atoms with E-state index in [0.29, 0.717) is 17.9 Å². The van der Waals surface area contributed by atoms with E-state index in [4.69, 9.17) is 4.42 Å². The molecule has 0 aliphatic rings. The number of allylic oxidation sites excluding steroid dienone is 2. The molecule has 1 heterocycles. The number of benzene rings is 2. The van der Waals surface area contributed by atoms with E-state index in [9.17, 15) is 8.42 Å². The van der Waals surface area contributed by atoms with Crippen LogP contribution in [0, 0.1) is 6.92 Å². The van der Waals surface area contributed by atoms with E-state index < -0.39 is 10.0 Å². The van der Waals surface area contributed by atoms with Gasteiger partial charge in [-0.1, -0.05) is 48.0 Å². The maximum Gasteiger partial charge on any atom is 0.266 e. The molecule has 3 rings (SSSR count). The fraction of sp³-hybridized carbons (Fsp3) is 0.200. The third-order valence-corrected chi connectivity index (χ3v) is 5.95. The molecule has 0 amide bonds. The molecule has 2 aromatic carbocycles. The summed E-state index contributed by atoms with van der Waals surface area (Å²) in [6, 6.07) is 14.4. The first-order valence-corrected chi connectivity index (χ1v) is 9.56. The molecular formula is C20H21NO3S. The fourth-order valence-electron chi connectivity index (χ4n) is 2.75. The third-order valence-electron chi connectivity index (χ3n) is 4.20. The van der Waals surface area contributed by atoms with Gasteiger partial charge in [-0.25, -0.2) is 12.7 Å². The molecule has 0 unspecified atom stereocenters. The predicted octanol–water partition coefficient (Wildman–Crippen LogP) is 4.68. The second kappa shape index (κ2) is 6.76. The number of anilines is 1. The molecule has 0 saturated carbocycles. The molecule has 0 spiro atoms. The van der Waals surface area contributed by atoms with Crippen molar-refractivity contribution in [1.82, 2.24) is 0 Å². The van der Waals surface area contributed by atoms with Crippen LogP contribution in [0.2, 0.25) is 0 Å². The van der Waals surface area contributed by atoms with Gasteiger partial charge in [-0.05, 0) is 38.5 Å². The molecule has 3 aromatic rings. The van der Waals surface area contributed by atoms with Crippen LogP contribution in [0.3, 0.4) is 0 Å². The normalized spacial score (nSPS) is 12.1. The molecular weight excluding hydrogens is 334 g/mol. The topological polar surface area (TPSA) is 50.5 Å². The highest BCUT2D eigenvalue weighted by Gasteiger charge is 2.27. The van der Waals surface area contributed by atoms with Crippen LogP contribution in [0.15, 0.2) is 70.0 Å². The highest BCUT2D eigenvalue weighted by molar-refractivity contribution is 7.92. The van der Waals surface area contributed by atoms with Crippen LogP contribution in [0.5, 0.6) is 0 Å². The van der Waals surface area contributed by atoms with Crippen molar-refractivity contribution in [3.05, 3.63) is 71.8 Å². The largest absolute Gasteiger partial charge is 0.439 e. The van der Waals surface area contributed by atoms with E-state index in [0.717, 1.165) is 16.5 Å². The standard InChI is InChI=1S/C20H21NO3S/c1-4-5-8-18-17-9-6-7-10-19(17)24-20(18)21(3)25(22,23)16-13-11-15(2)12-14-16/h4-7,9-14H,8H2,1-3H3/b5-4+. The van der Waals surface area contributed by atoms with E-state index in [1.54, 1.807) is 24.3 Å². The van der Waals surface area contributed by atoms with Gasteiger partial charge in [-0.15, -0.1) is 0 Å². The molecule has 130 valence electrons. The summed E-state index contributed by atoms with van der Waals surface area (Å²) >= 11 is 0. The SMILES string of the molecule is C/C=C/Cc1c(N(C)S(=O)(=O)c2ccc(C)cc2)oc2ccccc12. The number of furan rings is 1. The molecule has 0 radical (unpaired) electrons. The highest BCUT2D eigenvalue weighted by Crippen LogP contribution is 2.35. The summed E-state index contributed by atoms with van der Waals surface area (Å²) < 4.78 is 33.1. The number of rotatable bonds is 5.